The fraction of sp³-hybridized carbons (Fsp3) is 0.500. The van der Waals surface area contributed by atoms with Crippen molar-refractivity contribution >= 4 is 29.6 Å². The van der Waals surface area contributed by atoms with Gasteiger partial charge < -0.3 is 37.2 Å². The van der Waals surface area contributed by atoms with Gasteiger partial charge in [0.2, 0.25) is 23.6 Å². The summed E-state index contributed by atoms with van der Waals surface area (Å²) in [5.41, 5.74) is 5.79. The van der Waals surface area contributed by atoms with Gasteiger partial charge in [-0.05, 0) is 31.4 Å². The summed E-state index contributed by atoms with van der Waals surface area (Å²) in [6, 6.07) is 4.58. The Labute approximate surface area is 196 Å². The van der Waals surface area contributed by atoms with Crippen LogP contribution < -0.4 is 27.0 Å². The summed E-state index contributed by atoms with van der Waals surface area (Å²) in [7, 11) is 0. The lowest BCUT2D eigenvalue weighted by molar-refractivity contribution is -0.143. The third-order valence-corrected chi connectivity index (χ3v) is 5.40. The first-order valence-electron chi connectivity index (χ1n) is 11.0. The van der Waals surface area contributed by atoms with E-state index < -0.39 is 54.5 Å². The van der Waals surface area contributed by atoms with E-state index >= 15 is 0 Å². The topological polar surface area (TPSA) is 200 Å². The number of hydrogen-bond donors (Lipinski definition) is 7. The number of carboxylic acid groups (broad SMARTS) is 1. The number of aliphatic carboxylic acids is 1. The summed E-state index contributed by atoms with van der Waals surface area (Å²) in [6.07, 6.45) is 1.09. The van der Waals surface area contributed by atoms with E-state index in [-0.39, 0.29) is 25.2 Å². The van der Waals surface area contributed by atoms with Crippen molar-refractivity contribution in [2.45, 2.75) is 56.3 Å². The molecule has 12 heteroatoms. The molecule has 186 valence electrons. The average molecular weight is 478 g/mol. The smallest absolute Gasteiger partial charge is 0.326 e. The first kappa shape index (κ1) is 26.7. The van der Waals surface area contributed by atoms with Crippen LogP contribution in [0.5, 0.6) is 0 Å². The molecule has 1 aromatic rings. The molecule has 0 saturated carbocycles. The van der Waals surface area contributed by atoms with Crippen molar-refractivity contribution in [3.8, 4) is 0 Å². The number of nitrogens with one attached hydrogen (secondary N) is 4. The number of primary amides is 1. The molecule has 12 nitrogen and oxygen atoms in total. The quantitative estimate of drug-likeness (QED) is 0.166. The Morgan fingerprint density at radius 3 is 2.21 bits per heavy atom. The lowest BCUT2D eigenvalue weighted by atomic mass is 10.0. The summed E-state index contributed by atoms with van der Waals surface area (Å²) in [5, 5.41) is 29.2. The minimum atomic E-state index is -1.47. The fourth-order valence-electron chi connectivity index (χ4n) is 3.52. The van der Waals surface area contributed by atoms with E-state index in [0.717, 1.165) is 12.0 Å². The molecule has 34 heavy (non-hydrogen) atoms. The predicted molar refractivity (Wildman–Crippen MR) is 120 cm³/mol. The van der Waals surface area contributed by atoms with Gasteiger partial charge in [-0.1, -0.05) is 30.3 Å². The van der Waals surface area contributed by atoms with E-state index in [2.05, 4.69) is 21.3 Å². The molecule has 0 aliphatic carbocycles. The van der Waals surface area contributed by atoms with Gasteiger partial charge in [0.05, 0.1) is 12.6 Å². The normalized spacial score (nSPS) is 17.7. The zero-order valence-corrected chi connectivity index (χ0v) is 18.7. The monoisotopic (exact) mass is 477 g/mol. The Bertz CT molecular complexity index is 874. The van der Waals surface area contributed by atoms with Crippen LogP contribution in [0.15, 0.2) is 30.3 Å². The molecule has 0 bridgehead atoms. The third-order valence-electron chi connectivity index (χ3n) is 5.40. The maximum atomic E-state index is 13.0. The van der Waals surface area contributed by atoms with E-state index in [1.807, 2.05) is 6.07 Å². The molecule has 1 saturated heterocycles. The summed E-state index contributed by atoms with van der Waals surface area (Å²) in [6.45, 7) is -0.114. The van der Waals surface area contributed by atoms with Gasteiger partial charge in [-0.3, -0.25) is 19.2 Å². The van der Waals surface area contributed by atoms with Gasteiger partial charge in [0, 0.05) is 12.8 Å². The van der Waals surface area contributed by atoms with Crippen molar-refractivity contribution < 1.29 is 34.2 Å². The highest BCUT2D eigenvalue weighted by Crippen LogP contribution is 2.08. The molecule has 4 unspecified atom stereocenters. The minimum Gasteiger partial charge on any atom is -0.480 e. The summed E-state index contributed by atoms with van der Waals surface area (Å²) < 4.78 is 0. The number of rotatable bonds is 13. The van der Waals surface area contributed by atoms with E-state index in [0.29, 0.717) is 13.0 Å². The van der Waals surface area contributed by atoms with Crippen LogP contribution in [-0.2, 0) is 30.4 Å². The Hall–Kier alpha value is -3.51. The van der Waals surface area contributed by atoms with Crippen LogP contribution in [0.2, 0.25) is 0 Å². The third kappa shape index (κ3) is 8.45. The highest BCUT2D eigenvalue weighted by molar-refractivity contribution is 5.94. The molecule has 4 atom stereocenters. The van der Waals surface area contributed by atoms with Gasteiger partial charge >= 0.3 is 5.97 Å². The van der Waals surface area contributed by atoms with Gasteiger partial charge in [-0.2, -0.15) is 0 Å². The molecular weight excluding hydrogens is 446 g/mol. The molecule has 1 fully saturated rings. The summed E-state index contributed by atoms with van der Waals surface area (Å²) >= 11 is 0. The second-order valence-electron chi connectivity index (χ2n) is 8.05. The molecule has 2 rings (SSSR count). The van der Waals surface area contributed by atoms with Crippen molar-refractivity contribution in [1.82, 2.24) is 21.3 Å². The summed E-state index contributed by atoms with van der Waals surface area (Å²) in [4.78, 5) is 60.4. The number of aliphatic hydroxyl groups excluding tert-OH is 1. The highest BCUT2D eigenvalue weighted by Gasteiger charge is 2.31. The first-order valence-corrected chi connectivity index (χ1v) is 11.0. The van der Waals surface area contributed by atoms with E-state index in [4.69, 9.17) is 5.73 Å². The van der Waals surface area contributed by atoms with Crippen molar-refractivity contribution in [2.24, 2.45) is 5.73 Å². The van der Waals surface area contributed by atoms with Crippen LogP contribution in [0, 0.1) is 0 Å². The second kappa shape index (κ2) is 13.3. The predicted octanol–water partition coefficient (Wildman–Crippen LogP) is -2.22. The Balaban J connectivity index is 2.08. The maximum absolute atomic E-state index is 13.0. The number of benzene rings is 1. The molecule has 0 spiro atoms. The highest BCUT2D eigenvalue weighted by atomic mass is 16.4. The van der Waals surface area contributed by atoms with Crippen molar-refractivity contribution in [2.75, 3.05) is 13.2 Å². The number of carboxylic acids is 1. The number of hydrogen-bond acceptors (Lipinski definition) is 7. The molecule has 1 aliphatic rings. The van der Waals surface area contributed by atoms with Crippen molar-refractivity contribution in [1.29, 1.82) is 0 Å². The fourth-order valence-corrected chi connectivity index (χ4v) is 3.52. The number of aliphatic hydroxyl groups is 1. The first-order chi connectivity index (χ1) is 16.2. The van der Waals surface area contributed by atoms with E-state index in [1.165, 1.54) is 0 Å². The van der Waals surface area contributed by atoms with Crippen LogP contribution in [0.25, 0.3) is 0 Å². The van der Waals surface area contributed by atoms with Gasteiger partial charge in [-0.15, -0.1) is 0 Å². The Kier molecular flexibility index (Phi) is 10.4. The van der Waals surface area contributed by atoms with E-state index in [9.17, 15) is 34.2 Å². The van der Waals surface area contributed by atoms with Crippen LogP contribution in [-0.4, -0.2) is 77.1 Å². The van der Waals surface area contributed by atoms with Gasteiger partial charge in [0.15, 0.2) is 0 Å². The van der Waals surface area contributed by atoms with Crippen LogP contribution >= 0.6 is 0 Å². The van der Waals surface area contributed by atoms with E-state index in [1.54, 1.807) is 24.3 Å². The minimum absolute atomic E-state index is 0.140. The average Bonchev–Trinajstić information content (AvgIpc) is 3.35. The number of amides is 4. The number of carbonyl (C=O) groups is 5. The molecule has 0 aromatic heterocycles. The standard InChI is InChI=1S/C22H31N5O7/c23-18(29)9-8-15(22(33)34)25-21(32)17(12-28)27-20(31)16(11-13-5-2-1-3-6-13)26-19(30)14-7-4-10-24-14/h1-3,5-6,14-17,24,28H,4,7-12H2,(H2,23,29)(H,25,32)(H,26,30)(H,27,31)(H,33,34). The molecule has 1 aromatic carbocycles. The van der Waals surface area contributed by atoms with Gasteiger partial charge in [0.25, 0.3) is 0 Å². The SMILES string of the molecule is NC(=O)CCC(NC(=O)C(CO)NC(=O)C(Cc1ccccc1)NC(=O)C1CCCN1)C(=O)O. The molecule has 0 radical (unpaired) electrons. The molecule has 1 aliphatic heterocycles. The Morgan fingerprint density at radius 2 is 1.65 bits per heavy atom. The zero-order chi connectivity index (χ0) is 25.1. The van der Waals surface area contributed by atoms with Crippen molar-refractivity contribution in [3.05, 3.63) is 35.9 Å². The van der Waals surface area contributed by atoms with Crippen molar-refractivity contribution in [3.63, 3.8) is 0 Å². The molecule has 4 amide bonds. The Morgan fingerprint density at radius 1 is 1.00 bits per heavy atom. The molecule has 1 heterocycles. The molecule has 8 N–H and O–H groups in total. The van der Waals surface area contributed by atoms with Crippen LogP contribution in [0.4, 0.5) is 0 Å². The maximum Gasteiger partial charge on any atom is 0.326 e. The largest absolute Gasteiger partial charge is 0.480 e. The van der Waals surface area contributed by atoms with Gasteiger partial charge in [0.1, 0.15) is 18.1 Å². The zero-order valence-electron chi connectivity index (χ0n) is 18.7. The van der Waals surface area contributed by atoms with Crippen LogP contribution in [0.3, 0.4) is 0 Å². The molecular formula is C22H31N5O7. The summed E-state index contributed by atoms with van der Waals surface area (Å²) in [5.74, 6) is -4.14. The van der Waals surface area contributed by atoms with Crippen LogP contribution in [0.1, 0.15) is 31.2 Å². The lowest BCUT2D eigenvalue weighted by Crippen LogP contribution is -2.58. The number of carbonyl (C=O) groups excluding carboxylic acids is 4. The number of nitrogens with two attached hydrogens (primary N) is 1. The lowest BCUT2D eigenvalue weighted by Gasteiger charge is -2.24. The second-order valence-corrected chi connectivity index (χ2v) is 8.05. The van der Waals surface area contributed by atoms with Gasteiger partial charge in [-0.25, -0.2) is 4.79 Å².